The Labute approximate surface area is 102 Å². The van der Waals surface area contributed by atoms with Crippen LogP contribution in [0.15, 0.2) is 12.1 Å². The van der Waals surface area contributed by atoms with Crippen LogP contribution in [0, 0.1) is 13.8 Å². The highest BCUT2D eigenvalue weighted by Crippen LogP contribution is 2.26. The quantitative estimate of drug-likeness (QED) is 0.722. The zero-order valence-electron chi connectivity index (χ0n) is 10.6. The molecule has 0 unspecified atom stereocenters. The second-order valence-corrected chi connectivity index (χ2v) is 3.85. The fourth-order valence-electron chi connectivity index (χ4n) is 1.78. The zero-order chi connectivity index (χ0) is 12.3. The molecule has 2 aromatic rings. The van der Waals surface area contributed by atoms with Crippen molar-refractivity contribution in [3.05, 3.63) is 28.5 Å². The molecule has 0 spiro atoms. The minimum atomic E-state index is 0.776. The van der Waals surface area contributed by atoms with E-state index in [0.717, 1.165) is 34.0 Å². The average molecular weight is 239 g/mol. The monoisotopic (exact) mass is 238 g/mol. The molecule has 1 heterocycles. The number of aromatic nitrogens is 2. The number of halogens is 1. The first-order valence-corrected chi connectivity index (χ1v) is 6.15. The van der Waals surface area contributed by atoms with E-state index >= 15 is 0 Å². The number of rotatable bonds is 1. The Hall–Kier alpha value is -1.02. The molecule has 0 saturated heterocycles. The molecule has 0 bridgehead atoms. The Bertz CT molecular complexity index is 486. The fourth-order valence-corrected chi connectivity index (χ4v) is 1.98. The summed E-state index contributed by atoms with van der Waals surface area (Å²) in [5, 5.41) is 0.776. The van der Waals surface area contributed by atoms with Gasteiger partial charge in [0.2, 0.25) is 0 Å². The van der Waals surface area contributed by atoms with Crippen molar-refractivity contribution in [1.82, 2.24) is 9.55 Å². The van der Waals surface area contributed by atoms with Gasteiger partial charge in [0, 0.05) is 6.54 Å². The Balaban J connectivity index is 0.000000606. The maximum Gasteiger partial charge on any atom is 0.108 e. The lowest BCUT2D eigenvalue weighted by atomic mass is 10.2. The van der Waals surface area contributed by atoms with Crippen LogP contribution in [0.5, 0.6) is 0 Å². The van der Waals surface area contributed by atoms with Crippen molar-refractivity contribution in [2.24, 2.45) is 0 Å². The lowest BCUT2D eigenvalue weighted by Gasteiger charge is -2.02. The molecule has 2 rings (SSSR count). The Morgan fingerprint density at radius 2 is 1.88 bits per heavy atom. The van der Waals surface area contributed by atoms with Gasteiger partial charge in [-0.25, -0.2) is 4.98 Å². The summed E-state index contributed by atoms with van der Waals surface area (Å²) in [6.07, 6.45) is 0. The maximum atomic E-state index is 6.19. The van der Waals surface area contributed by atoms with Crippen molar-refractivity contribution in [3.8, 4) is 0 Å². The van der Waals surface area contributed by atoms with Crippen LogP contribution in [0.1, 0.15) is 32.2 Å². The van der Waals surface area contributed by atoms with E-state index in [9.17, 15) is 0 Å². The molecular weight excluding hydrogens is 220 g/mol. The van der Waals surface area contributed by atoms with E-state index in [2.05, 4.69) is 22.5 Å². The summed E-state index contributed by atoms with van der Waals surface area (Å²) in [4.78, 5) is 4.48. The van der Waals surface area contributed by atoms with Crippen LogP contribution < -0.4 is 0 Å². The van der Waals surface area contributed by atoms with Crippen molar-refractivity contribution in [2.45, 2.75) is 41.2 Å². The van der Waals surface area contributed by atoms with Crippen LogP contribution in [0.4, 0.5) is 0 Å². The van der Waals surface area contributed by atoms with Gasteiger partial charge in [-0.1, -0.05) is 31.5 Å². The molecule has 0 amide bonds. The van der Waals surface area contributed by atoms with Crippen molar-refractivity contribution < 1.29 is 0 Å². The standard InChI is InChI=1S/C11H13ClN2.C2H6/c1-4-14-8(3)13-11-9(14)6-5-7(2)10(11)12;1-2/h5-6H,4H2,1-3H3;1-2H3. The molecule has 0 aliphatic carbocycles. The predicted molar refractivity (Wildman–Crippen MR) is 71.2 cm³/mol. The van der Waals surface area contributed by atoms with Gasteiger partial charge in [0.1, 0.15) is 11.3 Å². The van der Waals surface area contributed by atoms with Gasteiger partial charge in [0.25, 0.3) is 0 Å². The normalized spacial score (nSPS) is 10.1. The molecule has 16 heavy (non-hydrogen) atoms. The maximum absolute atomic E-state index is 6.19. The first-order chi connectivity index (χ1) is 7.65. The van der Waals surface area contributed by atoms with Gasteiger partial charge in [-0.2, -0.15) is 0 Å². The Morgan fingerprint density at radius 3 is 2.44 bits per heavy atom. The molecule has 0 fully saturated rings. The number of fused-ring (bicyclic) bond motifs is 1. The predicted octanol–water partition coefficient (Wildman–Crippen LogP) is 4.35. The van der Waals surface area contributed by atoms with E-state index in [0.29, 0.717) is 0 Å². The van der Waals surface area contributed by atoms with E-state index in [1.54, 1.807) is 0 Å². The highest BCUT2D eigenvalue weighted by atomic mass is 35.5. The molecule has 0 aliphatic heterocycles. The highest BCUT2D eigenvalue weighted by Gasteiger charge is 2.09. The Morgan fingerprint density at radius 1 is 1.25 bits per heavy atom. The van der Waals surface area contributed by atoms with Crippen molar-refractivity contribution >= 4 is 22.6 Å². The number of hydrogen-bond donors (Lipinski definition) is 0. The third-order valence-corrected chi connectivity index (χ3v) is 3.04. The van der Waals surface area contributed by atoms with Gasteiger partial charge in [-0.3, -0.25) is 0 Å². The third-order valence-electron chi connectivity index (χ3n) is 2.56. The number of aryl methyl sites for hydroxylation is 3. The van der Waals surface area contributed by atoms with E-state index in [4.69, 9.17) is 11.6 Å². The summed E-state index contributed by atoms with van der Waals surface area (Å²) < 4.78 is 2.17. The van der Waals surface area contributed by atoms with Crippen molar-refractivity contribution in [3.63, 3.8) is 0 Å². The number of nitrogens with zero attached hydrogens (tertiary/aromatic N) is 2. The van der Waals surface area contributed by atoms with E-state index in [1.165, 1.54) is 0 Å². The minimum absolute atomic E-state index is 0.776. The molecule has 3 heteroatoms. The van der Waals surface area contributed by atoms with Crippen LogP contribution in [-0.4, -0.2) is 9.55 Å². The third kappa shape index (κ3) is 2.07. The number of imidazole rings is 1. The van der Waals surface area contributed by atoms with Gasteiger partial charge in [0.15, 0.2) is 0 Å². The second kappa shape index (κ2) is 5.35. The van der Waals surface area contributed by atoms with Gasteiger partial charge in [-0.05, 0) is 32.4 Å². The molecule has 1 aromatic carbocycles. The Kier molecular flexibility index (Phi) is 4.36. The van der Waals surface area contributed by atoms with E-state index in [-0.39, 0.29) is 0 Å². The lowest BCUT2D eigenvalue weighted by Crippen LogP contribution is -1.95. The van der Waals surface area contributed by atoms with Crippen LogP contribution in [0.25, 0.3) is 11.0 Å². The van der Waals surface area contributed by atoms with Crippen LogP contribution >= 0.6 is 11.6 Å². The first-order valence-electron chi connectivity index (χ1n) is 5.77. The molecular formula is C13H19ClN2. The topological polar surface area (TPSA) is 17.8 Å². The largest absolute Gasteiger partial charge is 0.328 e. The lowest BCUT2D eigenvalue weighted by molar-refractivity contribution is 0.753. The molecule has 0 radical (unpaired) electrons. The van der Waals surface area contributed by atoms with Crippen molar-refractivity contribution in [2.75, 3.05) is 0 Å². The SMILES string of the molecule is CC.CCn1c(C)nc2c(Cl)c(C)ccc21. The summed E-state index contributed by atoms with van der Waals surface area (Å²) >= 11 is 6.19. The molecule has 0 aliphatic rings. The van der Waals surface area contributed by atoms with Crippen molar-refractivity contribution in [1.29, 1.82) is 0 Å². The number of hydrogen-bond acceptors (Lipinski definition) is 1. The summed E-state index contributed by atoms with van der Waals surface area (Å²) in [5.74, 6) is 1.02. The van der Waals surface area contributed by atoms with Gasteiger partial charge < -0.3 is 4.57 Å². The first kappa shape index (κ1) is 13.0. The van der Waals surface area contributed by atoms with Crippen LogP contribution in [0.3, 0.4) is 0 Å². The molecule has 0 atom stereocenters. The minimum Gasteiger partial charge on any atom is -0.328 e. The second-order valence-electron chi connectivity index (χ2n) is 3.47. The molecule has 0 saturated carbocycles. The zero-order valence-corrected chi connectivity index (χ0v) is 11.4. The number of benzene rings is 1. The molecule has 88 valence electrons. The molecule has 0 N–H and O–H groups in total. The highest BCUT2D eigenvalue weighted by molar-refractivity contribution is 6.35. The van der Waals surface area contributed by atoms with E-state index in [1.807, 2.05) is 33.8 Å². The summed E-state index contributed by atoms with van der Waals surface area (Å²) in [7, 11) is 0. The summed E-state index contributed by atoms with van der Waals surface area (Å²) in [6.45, 7) is 11.1. The fraction of sp³-hybridized carbons (Fsp3) is 0.462. The summed E-state index contributed by atoms with van der Waals surface area (Å²) in [6, 6.07) is 4.12. The van der Waals surface area contributed by atoms with Crippen LogP contribution in [0.2, 0.25) is 5.02 Å². The summed E-state index contributed by atoms with van der Waals surface area (Å²) in [5.41, 5.74) is 3.13. The smallest absolute Gasteiger partial charge is 0.108 e. The van der Waals surface area contributed by atoms with Gasteiger partial charge in [0.05, 0.1) is 10.5 Å². The van der Waals surface area contributed by atoms with Gasteiger partial charge >= 0.3 is 0 Å². The molecule has 2 nitrogen and oxygen atoms in total. The molecule has 1 aromatic heterocycles. The van der Waals surface area contributed by atoms with E-state index < -0.39 is 0 Å². The van der Waals surface area contributed by atoms with Crippen LogP contribution in [-0.2, 0) is 6.54 Å². The average Bonchev–Trinajstić information content (AvgIpc) is 2.63. The van der Waals surface area contributed by atoms with Gasteiger partial charge in [-0.15, -0.1) is 0 Å².